The van der Waals surface area contributed by atoms with E-state index in [1.54, 1.807) is 4.68 Å². The smallest absolute Gasteiger partial charge is 0.148 e. The fourth-order valence-electron chi connectivity index (χ4n) is 1.72. The van der Waals surface area contributed by atoms with Crippen LogP contribution in [-0.2, 0) is 20.1 Å². The molecule has 0 fully saturated rings. The van der Waals surface area contributed by atoms with Crippen LogP contribution in [0.25, 0.3) is 0 Å². The highest BCUT2D eigenvalue weighted by Crippen LogP contribution is 2.21. The van der Waals surface area contributed by atoms with Crippen LogP contribution in [0.2, 0.25) is 5.02 Å². The highest BCUT2D eigenvalue weighted by Gasteiger charge is 2.12. The van der Waals surface area contributed by atoms with Crippen molar-refractivity contribution in [3.63, 3.8) is 0 Å². The number of nitrogens with zero attached hydrogens (tertiary/aromatic N) is 4. The first-order valence-electron chi connectivity index (χ1n) is 5.57. The second kappa shape index (κ2) is 4.79. The van der Waals surface area contributed by atoms with Gasteiger partial charge in [0.2, 0.25) is 0 Å². The molecule has 0 unspecified atom stereocenters. The first-order valence-corrected chi connectivity index (χ1v) is 5.95. The van der Waals surface area contributed by atoms with Crippen LogP contribution in [0.15, 0.2) is 12.3 Å². The lowest BCUT2D eigenvalue weighted by molar-refractivity contribution is 0.622. The molecule has 2 rings (SSSR count). The summed E-state index contributed by atoms with van der Waals surface area (Å²) in [6.45, 7) is 5.41. The second-order valence-electron chi connectivity index (χ2n) is 3.89. The lowest BCUT2D eigenvalue weighted by Gasteiger charge is -2.06. The first-order chi connectivity index (χ1) is 8.11. The minimum absolute atomic E-state index is 0.629. The van der Waals surface area contributed by atoms with Gasteiger partial charge in [0.05, 0.1) is 23.0 Å². The van der Waals surface area contributed by atoms with E-state index in [9.17, 15) is 0 Å². The minimum Gasteiger partial charge on any atom is -0.363 e. The number of nitrogens with one attached hydrogen (secondary N) is 1. The van der Waals surface area contributed by atoms with Crippen molar-refractivity contribution < 1.29 is 0 Å². The zero-order valence-electron chi connectivity index (χ0n) is 10.2. The molecule has 0 saturated carbocycles. The normalized spacial score (nSPS) is 10.8. The molecule has 0 aliphatic heterocycles. The van der Waals surface area contributed by atoms with Crippen LogP contribution in [0.4, 0.5) is 5.82 Å². The van der Waals surface area contributed by atoms with E-state index >= 15 is 0 Å². The Balaban J connectivity index is 2.13. The van der Waals surface area contributed by atoms with Crippen molar-refractivity contribution in [2.45, 2.75) is 26.9 Å². The van der Waals surface area contributed by atoms with Gasteiger partial charge in [-0.3, -0.25) is 9.36 Å². The van der Waals surface area contributed by atoms with E-state index in [1.165, 1.54) is 0 Å². The van der Waals surface area contributed by atoms with Crippen molar-refractivity contribution in [3.8, 4) is 0 Å². The van der Waals surface area contributed by atoms with Gasteiger partial charge in [0.25, 0.3) is 0 Å². The Kier molecular flexibility index (Phi) is 3.38. The maximum Gasteiger partial charge on any atom is 0.148 e. The van der Waals surface area contributed by atoms with E-state index < -0.39 is 0 Å². The molecule has 0 spiro atoms. The standard InChI is InChI=1S/C11H16ClN5/c1-4-17-9(11(12)8(2)14-17)7-13-10-5-6-16(3)15-10/h5-6H,4,7H2,1-3H3,(H,13,15). The van der Waals surface area contributed by atoms with Crippen molar-refractivity contribution in [3.05, 3.63) is 28.7 Å². The zero-order valence-corrected chi connectivity index (χ0v) is 11.0. The Bertz CT molecular complexity index is 514. The molecule has 0 aliphatic rings. The molecule has 5 nitrogen and oxygen atoms in total. The topological polar surface area (TPSA) is 47.7 Å². The lowest BCUT2D eigenvalue weighted by Crippen LogP contribution is -2.08. The van der Waals surface area contributed by atoms with E-state index in [0.29, 0.717) is 6.54 Å². The van der Waals surface area contributed by atoms with Crippen molar-refractivity contribution in [2.24, 2.45) is 7.05 Å². The molecule has 0 saturated heterocycles. The summed E-state index contributed by atoms with van der Waals surface area (Å²) in [6.07, 6.45) is 1.90. The van der Waals surface area contributed by atoms with Gasteiger partial charge in [0, 0.05) is 25.9 Å². The quantitative estimate of drug-likeness (QED) is 0.909. The van der Waals surface area contributed by atoms with Gasteiger partial charge in [0.15, 0.2) is 0 Å². The molecule has 1 N–H and O–H groups in total. The van der Waals surface area contributed by atoms with Crippen LogP contribution in [0.1, 0.15) is 18.3 Å². The largest absolute Gasteiger partial charge is 0.363 e. The maximum absolute atomic E-state index is 6.22. The monoisotopic (exact) mass is 253 g/mol. The molecular formula is C11H16ClN5. The van der Waals surface area contributed by atoms with E-state index in [2.05, 4.69) is 15.5 Å². The summed E-state index contributed by atoms with van der Waals surface area (Å²) in [5, 5.41) is 12.6. The second-order valence-corrected chi connectivity index (χ2v) is 4.27. The van der Waals surface area contributed by atoms with Crippen molar-refractivity contribution in [1.82, 2.24) is 19.6 Å². The van der Waals surface area contributed by atoms with Gasteiger partial charge in [-0.25, -0.2) is 0 Å². The molecule has 0 radical (unpaired) electrons. The average Bonchev–Trinajstić information content (AvgIpc) is 2.83. The van der Waals surface area contributed by atoms with Gasteiger partial charge in [-0.15, -0.1) is 0 Å². The maximum atomic E-state index is 6.22. The van der Waals surface area contributed by atoms with Crippen LogP contribution in [0.3, 0.4) is 0 Å². The molecule has 0 atom stereocenters. The summed E-state index contributed by atoms with van der Waals surface area (Å²) >= 11 is 6.22. The fraction of sp³-hybridized carbons (Fsp3) is 0.455. The molecule has 0 aromatic carbocycles. The molecule has 2 heterocycles. The Morgan fingerprint density at radius 3 is 2.76 bits per heavy atom. The fourth-order valence-corrected chi connectivity index (χ4v) is 1.92. The zero-order chi connectivity index (χ0) is 12.4. The van der Waals surface area contributed by atoms with E-state index in [4.69, 9.17) is 11.6 Å². The van der Waals surface area contributed by atoms with Gasteiger partial charge >= 0.3 is 0 Å². The molecule has 6 heteroatoms. The predicted molar refractivity (Wildman–Crippen MR) is 68.2 cm³/mol. The number of hydrogen-bond acceptors (Lipinski definition) is 3. The first kappa shape index (κ1) is 12.0. The number of rotatable bonds is 4. The molecule has 0 amide bonds. The van der Waals surface area contributed by atoms with Gasteiger partial charge in [-0.05, 0) is 13.8 Å². The van der Waals surface area contributed by atoms with Gasteiger partial charge < -0.3 is 5.32 Å². The van der Waals surface area contributed by atoms with Crippen LogP contribution in [0, 0.1) is 6.92 Å². The van der Waals surface area contributed by atoms with Crippen LogP contribution < -0.4 is 5.32 Å². The predicted octanol–water partition coefficient (Wildman–Crippen LogP) is 2.21. The summed E-state index contributed by atoms with van der Waals surface area (Å²) in [5.74, 6) is 0.838. The van der Waals surface area contributed by atoms with Crippen LogP contribution in [0.5, 0.6) is 0 Å². The van der Waals surface area contributed by atoms with Crippen LogP contribution >= 0.6 is 11.6 Å². The molecule has 0 aliphatic carbocycles. The minimum atomic E-state index is 0.629. The summed E-state index contributed by atoms with van der Waals surface area (Å²) in [5.41, 5.74) is 1.86. The third kappa shape index (κ3) is 2.44. The Hall–Kier alpha value is -1.49. The molecule has 92 valence electrons. The highest BCUT2D eigenvalue weighted by atomic mass is 35.5. The molecule has 17 heavy (non-hydrogen) atoms. The van der Waals surface area contributed by atoms with Gasteiger partial charge in [0.1, 0.15) is 5.82 Å². The number of aryl methyl sites for hydroxylation is 3. The highest BCUT2D eigenvalue weighted by molar-refractivity contribution is 6.31. The SMILES string of the molecule is CCn1nc(C)c(Cl)c1CNc1ccn(C)n1. The van der Waals surface area contributed by atoms with Crippen LogP contribution in [-0.4, -0.2) is 19.6 Å². The van der Waals surface area contributed by atoms with E-state index in [0.717, 1.165) is 28.8 Å². The molecule has 0 bridgehead atoms. The average molecular weight is 254 g/mol. The van der Waals surface area contributed by atoms with Gasteiger partial charge in [-0.1, -0.05) is 11.6 Å². The third-order valence-corrected chi connectivity index (χ3v) is 3.10. The van der Waals surface area contributed by atoms with E-state index in [1.807, 2.05) is 37.8 Å². The number of anilines is 1. The molecule has 2 aromatic heterocycles. The lowest BCUT2D eigenvalue weighted by atomic mass is 10.3. The number of halogens is 1. The Morgan fingerprint density at radius 2 is 2.18 bits per heavy atom. The summed E-state index contributed by atoms with van der Waals surface area (Å²) in [4.78, 5) is 0. The van der Waals surface area contributed by atoms with Gasteiger partial charge in [-0.2, -0.15) is 10.2 Å². The summed E-state index contributed by atoms with van der Waals surface area (Å²) < 4.78 is 3.67. The van der Waals surface area contributed by atoms with Crippen molar-refractivity contribution in [2.75, 3.05) is 5.32 Å². The Labute approximate surface area is 105 Å². The van der Waals surface area contributed by atoms with Crippen molar-refractivity contribution >= 4 is 17.4 Å². The Morgan fingerprint density at radius 1 is 1.41 bits per heavy atom. The summed E-state index contributed by atoms with van der Waals surface area (Å²) in [7, 11) is 1.89. The van der Waals surface area contributed by atoms with E-state index in [-0.39, 0.29) is 0 Å². The number of aromatic nitrogens is 4. The third-order valence-electron chi connectivity index (χ3n) is 2.60. The summed E-state index contributed by atoms with van der Waals surface area (Å²) in [6, 6.07) is 1.92. The number of hydrogen-bond donors (Lipinski definition) is 1. The molecule has 2 aromatic rings. The van der Waals surface area contributed by atoms with Crippen molar-refractivity contribution in [1.29, 1.82) is 0 Å². The molecular weight excluding hydrogens is 238 g/mol.